The lowest BCUT2D eigenvalue weighted by molar-refractivity contribution is -0.897. The average molecular weight is 325 g/mol. The van der Waals surface area contributed by atoms with Crippen LogP contribution in [0.5, 0.6) is 0 Å². The quantitative estimate of drug-likeness (QED) is 0.728. The summed E-state index contributed by atoms with van der Waals surface area (Å²) < 4.78 is 0. The molecule has 0 aromatic heterocycles. The van der Waals surface area contributed by atoms with Gasteiger partial charge in [0.1, 0.15) is 0 Å². The number of carbonyl (C=O) groups excluding carboxylic acids is 2. The summed E-state index contributed by atoms with van der Waals surface area (Å²) in [6.45, 7) is 4.02. The summed E-state index contributed by atoms with van der Waals surface area (Å²) >= 11 is 5.86. The Morgan fingerprint density at radius 2 is 1.91 bits per heavy atom. The number of rotatable bonds is 5. The molecule has 120 valence electrons. The Kier molecular flexibility index (Phi) is 5.80. The number of nitrogens with one attached hydrogen (secondary N) is 2. The number of benzene rings is 1. The highest BCUT2D eigenvalue weighted by Gasteiger charge is 2.27. The molecule has 1 fully saturated rings. The average Bonchev–Trinajstić information content (AvgIpc) is 2.48. The number of primary amides is 1. The van der Waals surface area contributed by atoms with E-state index in [9.17, 15) is 9.59 Å². The van der Waals surface area contributed by atoms with Crippen LogP contribution in [0.15, 0.2) is 24.3 Å². The Labute approximate surface area is 135 Å². The number of nitrogens with two attached hydrogens (primary N) is 1. The van der Waals surface area contributed by atoms with Crippen molar-refractivity contribution in [2.24, 2.45) is 11.7 Å². The molecule has 0 saturated carbocycles. The van der Waals surface area contributed by atoms with Gasteiger partial charge >= 0.3 is 0 Å². The molecule has 0 spiro atoms. The highest BCUT2D eigenvalue weighted by atomic mass is 35.5. The zero-order chi connectivity index (χ0) is 16.1. The van der Waals surface area contributed by atoms with Gasteiger partial charge in [-0.05, 0) is 24.6 Å². The first kappa shape index (κ1) is 16.8. The molecule has 0 bridgehead atoms. The molecule has 0 unspecified atom stereocenters. The molecule has 2 rings (SSSR count). The fourth-order valence-corrected chi connectivity index (χ4v) is 2.97. The lowest BCUT2D eigenvalue weighted by Gasteiger charge is -2.27. The van der Waals surface area contributed by atoms with Crippen LogP contribution in [0, 0.1) is 5.92 Å². The van der Waals surface area contributed by atoms with E-state index in [0.717, 1.165) is 31.5 Å². The van der Waals surface area contributed by atoms with Crippen molar-refractivity contribution in [2.45, 2.75) is 25.8 Å². The smallest absolute Gasteiger partial charge is 0.275 e. The topological polar surface area (TPSA) is 76.6 Å². The number of carbonyl (C=O) groups is 2. The Bertz CT molecular complexity index is 525. The van der Waals surface area contributed by atoms with Crippen LogP contribution in [-0.4, -0.2) is 31.4 Å². The first-order valence-corrected chi connectivity index (χ1v) is 8.01. The summed E-state index contributed by atoms with van der Waals surface area (Å²) in [5.41, 5.74) is 6.35. The molecule has 1 atom stereocenters. The molecule has 5 nitrogen and oxygen atoms in total. The number of hydrogen-bond acceptors (Lipinski definition) is 2. The predicted molar refractivity (Wildman–Crippen MR) is 85.5 cm³/mol. The lowest BCUT2D eigenvalue weighted by Crippen LogP contribution is -3.14. The Hall–Kier alpha value is -1.59. The Morgan fingerprint density at radius 1 is 1.32 bits per heavy atom. The Morgan fingerprint density at radius 3 is 2.45 bits per heavy atom. The highest BCUT2D eigenvalue weighted by Crippen LogP contribution is 2.15. The minimum Gasteiger partial charge on any atom is -0.369 e. The van der Waals surface area contributed by atoms with Crippen molar-refractivity contribution < 1.29 is 14.5 Å². The molecule has 1 aromatic rings. The summed E-state index contributed by atoms with van der Waals surface area (Å²) in [6.07, 6.45) is 1.54. The lowest BCUT2D eigenvalue weighted by atomic mass is 9.96. The molecule has 1 aromatic carbocycles. The van der Waals surface area contributed by atoms with E-state index in [1.165, 1.54) is 4.90 Å². The number of hydrogen-bond donors (Lipinski definition) is 3. The van der Waals surface area contributed by atoms with E-state index >= 15 is 0 Å². The molecule has 0 aliphatic carbocycles. The second-order valence-corrected chi connectivity index (χ2v) is 6.38. The summed E-state index contributed by atoms with van der Waals surface area (Å²) in [4.78, 5) is 24.5. The monoisotopic (exact) mass is 324 g/mol. The van der Waals surface area contributed by atoms with Gasteiger partial charge in [-0.2, -0.15) is 0 Å². The number of halogens is 1. The zero-order valence-corrected chi connectivity index (χ0v) is 13.5. The molecule has 1 aliphatic rings. The van der Waals surface area contributed by atoms with E-state index < -0.39 is 0 Å². The third-order valence-corrected chi connectivity index (χ3v) is 4.51. The van der Waals surface area contributed by atoms with Crippen LogP contribution in [0.1, 0.15) is 31.4 Å². The second-order valence-electron chi connectivity index (χ2n) is 5.94. The first-order valence-electron chi connectivity index (χ1n) is 7.63. The van der Waals surface area contributed by atoms with Gasteiger partial charge in [0.2, 0.25) is 5.91 Å². The van der Waals surface area contributed by atoms with Gasteiger partial charge in [-0.15, -0.1) is 0 Å². The third-order valence-electron chi connectivity index (χ3n) is 4.25. The zero-order valence-electron chi connectivity index (χ0n) is 12.8. The largest absolute Gasteiger partial charge is 0.369 e. The molecule has 1 aliphatic heterocycles. The fraction of sp³-hybridized carbons (Fsp3) is 0.500. The van der Waals surface area contributed by atoms with Gasteiger partial charge in [-0.1, -0.05) is 23.7 Å². The van der Waals surface area contributed by atoms with E-state index in [-0.39, 0.29) is 23.8 Å². The SMILES string of the molecule is C[C@H](NC(=O)C[NH+]1CCC(C(N)=O)CC1)c1ccc(Cl)cc1. The molecule has 0 radical (unpaired) electrons. The van der Waals surface area contributed by atoms with Crippen LogP contribution in [-0.2, 0) is 9.59 Å². The van der Waals surface area contributed by atoms with Crippen molar-refractivity contribution in [2.75, 3.05) is 19.6 Å². The van der Waals surface area contributed by atoms with Gasteiger partial charge in [0.25, 0.3) is 5.91 Å². The Balaban J connectivity index is 1.78. The van der Waals surface area contributed by atoms with Crippen LogP contribution >= 0.6 is 11.6 Å². The molecule has 22 heavy (non-hydrogen) atoms. The van der Waals surface area contributed by atoms with Crippen LogP contribution < -0.4 is 16.0 Å². The standard InChI is InChI=1S/C16H22ClN3O2/c1-11(12-2-4-14(17)5-3-12)19-15(21)10-20-8-6-13(7-9-20)16(18)22/h2-5,11,13H,6-10H2,1H3,(H2,18,22)(H,19,21)/p+1/t11-/m0/s1. The van der Waals surface area contributed by atoms with Gasteiger partial charge in [0.15, 0.2) is 6.54 Å². The number of piperidine rings is 1. The van der Waals surface area contributed by atoms with E-state index in [1.807, 2.05) is 31.2 Å². The van der Waals surface area contributed by atoms with E-state index in [4.69, 9.17) is 17.3 Å². The van der Waals surface area contributed by atoms with E-state index in [1.54, 1.807) is 0 Å². The maximum atomic E-state index is 12.1. The van der Waals surface area contributed by atoms with Crippen molar-refractivity contribution in [3.05, 3.63) is 34.9 Å². The summed E-state index contributed by atoms with van der Waals surface area (Å²) in [6, 6.07) is 7.42. The number of quaternary nitrogens is 1. The number of likely N-dealkylation sites (tertiary alicyclic amines) is 1. The summed E-state index contributed by atoms with van der Waals surface area (Å²) in [5.74, 6) is -0.227. The maximum absolute atomic E-state index is 12.1. The molecular weight excluding hydrogens is 302 g/mol. The van der Waals surface area contributed by atoms with Crippen molar-refractivity contribution in [3.63, 3.8) is 0 Å². The number of amides is 2. The molecule has 4 N–H and O–H groups in total. The van der Waals surface area contributed by atoms with Crippen molar-refractivity contribution >= 4 is 23.4 Å². The van der Waals surface area contributed by atoms with Crippen LogP contribution in [0.3, 0.4) is 0 Å². The van der Waals surface area contributed by atoms with E-state index in [2.05, 4.69) is 5.32 Å². The van der Waals surface area contributed by atoms with Gasteiger partial charge in [0, 0.05) is 23.8 Å². The molecule has 1 saturated heterocycles. The summed E-state index contributed by atoms with van der Waals surface area (Å²) in [5, 5.41) is 3.69. The van der Waals surface area contributed by atoms with Gasteiger partial charge in [0.05, 0.1) is 19.1 Å². The molecular formula is C16H23ClN3O2+. The minimum absolute atomic E-state index is 0.0231. The van der Waals surface area contributed by atoms with E-state index in [0.29, 0.717) is 11.6 Å². The third kappa shape index (κ3) is 4.71. The highest BCUT2D eigenvalue weighted by molar-refractivity contribution is 6.30. The van der Waals surface area contributed by atoms with Gasteiger partial charge in [-0.25, -0.2) is 0 Å². The second kappa shape index (κ2) is 7.61. The van der Waals surface area contributed by atoms with Crippen molar-refractivity contribution in [3.8, 4) is 0 Å². The normalized spacial score (nSPS) is 22.8. The molecule has 6 heteroatoms. The van der Waals surface area contributed by atoms with Crippen molar-refractivity contribution in [1.29, 1.82) is 0 Å². The molecule has 1 heterocycles. The van der Waals surface area contributed by atoms with Gasteiger partial charge < -0.3 is 16.0 Å². The first-order chi connectivity index (χ1) is 10.5. The van der Waals surface area contributed by atoms with Crippen LogP contribution in [0.4, 0.5) is 0 Å². The van der Waals surface area contributed by atoms with Gasteiger partial charge in [-0.3, -0.25) is 9.59 Å². The fourth-order valence-electron chi connectivity index (χ4n) is 2.84. The predicted octanol–water partition coefficient (Wildman–Crippen LogP) is 0.297. The summed E-state index contributed by atoms with van der Waals surface area (Å²) in [7, 11) is 0. The van der Waals surface area contributed by atoms with Crippen LogP contribution in [0.25, 0.3) is 0 Å². The van der Waals surface area contributed by atoms with Crippen molar-refractivity contribution in [1.82, 2.24) is 5.32 Å². The van der Waals surface area contributed by atoms with Crippen LogP contribution in [0.2, 0.25) is 5.02 Å². The maximum Gasteiger partial charge on any atom is 0.275 e. The molecule has 2 amide bonds. The minimum atomic E-state index is -0.222.